The Morgan fingerprint density at radius 2 is 1.15 bits per heavy atom. The lowest BCUT2D eigenvalue weighted by atomic mass is 9.81. The lowest BCUT2D eigenvalue weighted by molar-refractivity contribution is 0.0241. The molecule has 1 unspecified atom stereocenters. The monoisotopic (exact) mass is 344 g/mol. The molecule has 0 fully saturated rings. The van der Waals surface area contributed by atoms with Gasteiger partial charge in [-0.05, 0) is 12.0 Å². The fourth-order valence-electron chi connectivity index (χ4n) is 2.99. The van der Waals surface area contributed by atoms with Crippen LogP contribution in [0.3, 0.4) is 0 Å². The van der Waals surface area contributed by atoms with Crippen molar-refractivity contribution in [3.8, 4) is 0 Å². The largest absolute Gasteiger partial charge is 0.377 e. The van der Waals surface area contributed by atoms with Gasteiger partial charge >= 0.3 is 0 Å². The van der Waals surface area contributed by atoms with Gasteiger partial charge in [0.2, 0.25) is 0 Å². The molecule has 0 aliphatic heterocycles. The number of aliphatic hydroxyl groups is 1. The van der Waals surface area contributed by atoms with Gasteiger partial charge in [0.05, 0.1) is 0 Å². The first-order valence-corrected chi connectivity index (χ1v) is 8.57. The van der Waals surface area contributed by atoms with Crippen LogP contribution in [0.15, 0.2) is 91.0 Å². The molecular formula is C23H20O3. The molecule has 0 saturated carbocycles. The van der Waals surface area contributed by atoms with E-state index >= 15 is 0 Å². The highest BCUT2D eigenvalue weighted by atomic mass is 16.3. The van der Waals surface area contributed by atoms with Crippen LogP contribution in [0.4, 0.5) is 0 Å². The SMILES string of the molecule is O=C(CCC(O)(C(=O)c1ccccc1)c1ccccc1)c1ccccc1. The highest BCUT2D eigenvalue weighted by molar-refractivity contribution is 6.03. The van der Waals surface area contributed by atoms with Gasteiger partial charge in [0.15, 0.2) is 17.2 Å². The third kappa shape index (κ3) is 3.79. The third-order valence-electron chi connectivity index (χ3n) is 4.47. The van der Waals surface area contributed by atoms with Gasteiger partial charge < -0.3 is 5.11 Å². The Hall–Kier alpha value is -3.04. The maximum atomic E-state index is 13.1. The molecule has 0 bridgehead atoms. The number of carbonyl (C=O) groups excluding carboxylic acids is 2. The molecule has 0 aliphatic carbocycles. The summed E-state index contributed by atoms with van der Waals surface area (Å²) < 4.78 is 0. The molecular weight excluding hydrogens is 324 g/mol. The summed E-state index contributed by atoms with van der Waals surface area (Å²) in [5.41, 5.74) is -0.247. The van der Waals surface area contributed by atoms with Crippen LogP contribution in [0.25, 0.3) is 0 Å². The van der Waals surface area contributed by atoms with Gasteiger partial charge in [-0.25, -0.2) is 0 Å². The maximum Gasteiger partial charge on any atom is 0.198 e. The fraction of sp³-hybridized carbons (Fsp3) is 0.130. The summed E-state index contributed by atoms with van der Waals surface area (Å²) >= 11 is 0. The van der Waals surface area contributed by atoms with Crippen LogP contribution in [0.5, 0.6) is 0 Å². The van der Waals surface area contributed by atoms with Crippen LogP contribution < -0.4 is 0 Å². The Balaban J connectivity index is 1.89. The van der Waals surface area contributed by atoms with Crippen LogP contribution >= 0.6 is 0 Å². The number of hydrogen-bond donors (Lipinski definition) is 1. The molecule has 3 nitrogen and oxygen atoms in total. The Morgan fingerprint density at radius 1 is 0.692 bits per heavy atom. The lowest BCUT2D eigenvalue weighted by Crippen LogP contribution is -2.36. The van der Waals surface area contributed by atoms with E-state index in [2.05, 4.69) is 0 Å². The van der Waals surface area contributed by atoms with Crippen molar-refractivity contribution in [1.29, 1.82) is 0 Å². The summed E-state index contributed by atoms with van der Waals surface area (Å²) in [5.74, 6) is -0.494. The molecule has 0 amide bonds. The van der Waals surface area contributed by atoms with Crippen molar-refractivity contribution in [2.45, 2.75) is 18.4 Å². The molecule has 0 spiro atoms. The molecule has 0 heterocycles. The molecule has 0 aromatic heterocycles. The van der Waals surface area contributed by atoms with Crippen molar-refractivity contribution in [2.24, 2.45) is 0 Å². The van der Waals surface area contributed by atoms with E-state index < -0.39 is 11.4 Å². The Kier molecular flexibility index (Phi) is 5.40. The fourth-order valence-corrected chi connectivity index (χ4v) is 2.99. The zero-order valence-electron chi connectivity index (χ0n) is 14.3. The van der Waals surface area contributed by atoms with E-state index in [0.717, 1.165) is 0 Å². The number of rotatable bonds is 7. The zero-order valence-corrected chi connectivity index (χ0v) is 14.3. The van der Waals surface area contributed by atoms with Crippen molar-refractivity contribution < 1.29 is 14.7 Å². The lowest BCUT2D eigenvalue weighted by Gasteiger charge is -2.27. The summed E-state index contributed by atoms with van der Waals surface area (Å²) in [6, 6.07) is 26.4. The maximum absolute atomic E-state index is 13.1. The van der Waals surface area contributed by atoms with E-state index in [4.69, 9.17) is 0 Å². The molecule has 0 radical (unpaired) electrons. The molecule has 130 valence electrons. The predicted octanol–water partition coefficient (Wildman–Crippen LogP) is 4.42. The summed E-state index contributed by atoms with van der Waals surface area (Å²) in [7, 11) is 0. The molecule has 1 N–H and O–H groups in total. The van der Waals surface area contributed by atoms with E-state index in [1.807, 2.05) is 18.2 Å². The average Bonchev–Trinajstić information content (AvgIpc) is 2.73. The zero-order chi connectivity index (χ0) is 18.4. The Labute approximate surface area is 152 Å². The predicted molar refractivity (Wildman–Crippen MR) is 101 cm³/mol. The van der Waals surface area contributed by atoms with E-state index in [1.54, 1.807) is 72.8 Å². The molecule has 3 aromatic carbocycles. The van der Waals surface area contributed by atoms with Gasteiger partial charge in [-0.2, -0.15) is 0 Å². The quantitative estimate of drug-likeness (QED) is 0.646. The topological polar surface area (TPSA) is 54.4 Å². The first-order valence-electron chi connectivity index (χ1n) is 8.57. The summed E-state index contributed by atoms with van der Waals surface area (Å²) in [6.07, 6.45) is 0.104. The van der Waals surface area contributed by atoms with Crippen LogP contribution in [0, 0.1) is 0 Å². The first-order chi connectivity index (χ1) is 12.6. The number of benzene rings is 3. The van der Waals surface area contributed by atoms with Crippen LogP contribution in [-0.2, 0) is 5.60 Å². The van der Waals surface area contributed by atoms with Crippen molar-refractivity contribution in [3.63, 3.8) is 0 Å². The second-order valence-corrected chi connectivity index (χ2v) is 6.21. The normalized spacial score (nSPS) is 13.0. The van der Waals surface area contributed by atoms with Crippen molar-refractivity contribution >= 4 is 11.6 Å². The average molecular weight is 344 g/mol. The summed E-state index contributed by atoms with van der Waals surface area (Å²) in [4.78, 5) is 25.5. The van der Waals surface area contributed by atoms with Gasteiger partial charge in [-0.3, -0.25) is 9.59 Å². The third-order valence-corrected chi connectivity index (χ3v) is 4.47. The first kappa shape index (κ1) is 17.8. The van der Waals surface area contributed by atoms with Crippen molar-refractivity contribution in [3.05, 3.63) is 108 Å². The highest BCUT2D eigenvalue weighted by Crippen LogP contribution is 2.31. The van der Waals surface area contributed by atoms with Gasteiger partial charge in [0, 0.05) is 17.5 Å². The van der Waals surface area contributed by atoms with Gasteiger partial charge in [-0.15, -0.1) is 0 Å². The Morgan fingerprint density at radius 3 is 1.69 bits per heavy atom. The Bertz CT molecular complexity index is 873. The van der Waals surface area contributed by atoms with Gasteiger partial charge in [0.25, 0.3) is 0 Å². The van der Waals surface area contributed by atoms with Crippen molar-refractivity contribution in [2.75, 3.05) is 0 Å². The number of carbonyl (C=O) groups is 2. The minimum absolute atomic E-state index is 0.0263. The highest BCUT2D eigenvalue weighted by Gasteiger charge is 2.38. The minimum Gasteiger partial charge on any atom is -0.377 e. The second-order valence-electron chi connectivity index (χ2n) is 6.21. The summed E-state index contributed by atoms with van der Waals surface area (Å²) in [6.45, 7) is 0. The number of hydrogen-bond acceptors (Lipinski definition) is 3. The van der Waals surface area contributed by atoms with Gasteiger partial charge in [0.1, 0.15) is 0 Å². The van der Waals surface area contributed by atoms with E-state index in [0.29, 0.717) is 16.7 Å². The number of ketones is 2. The van der Waals surface area contributed by atoms with Crippen LogP contribution in [0.2, 0.25) is 0 Å². The van der Waals surface area contributed by atoms with E-state index in [9.17, 15) is 14.7 Å². The second kappa shape index (κ2) is 7.89. The van der Waals surface area contributed by atoms with Gasteiger partial charge in [-0.1, -0.05) is 91.0 Å². The minimum atomic E-state index is -1.74. The standard InChI is InChI=1S/C23H20O3/c24-21(18-10-4-1-5-11-18)16-17-23(26,20-14-8-3-9-15-20)22(25)19-12-6-2-7-13-19/h1-15,26H,16-17H2. The molecule has 3 rings (SSSR count). The molecule has 1 atom stereocenters. The smallest absolute Gasteiger partial charge is 0.198 e. The molecule has 0 aliphatic rings. The number of Topliss-reactive ketones (excluding diaryl/α,β-unsaturated/α-hetero) is 2. The van der Waals surface area contributed by atoms with Crippen LogP contribution in [-0.4, -0.2) is 16.7 Å². The molecule has 3 aromatic rings. The van der Waals surface area contributed by atoms with Crippen LogP contribution in [0.1, 0.15) is 39.1 Å². The molecule has 0 saturated heterocycles. The van der Waals surface area contributed by atoms with Crippen molar-refractivity contribution in [1.82, 2.24) is 0 Å². The molecule has 3 heteroatoms. The van der Waals surface area contributed by atoms with E-state index in [-0.39, 0.29) is 18.6 Å². The molecule has 26 heavy (non-hydrogen) atoms. The van der Waals surface area contributed by atoms with E-state index in [1.165, 1.54) is 0 Å². The summed E-state index contributed by atoms with van der Waals surface area (Å²) in [5, 5.41) is 11.3.